The zero-order valence-corrected chi connectivity index (χ0v) is 11.9. The smallest absolute Gasteiger partial charge is 0.316 e. The number of amides is 1. The zero-order valence-electron chi connectivity index (χ0n) is 11.9. The van der Waals surface area contributed by atoms with Crippen molar-refractivity contribution in [2.45, 2.75) is 38.6 Å². The molecule has 1 saturated carbocycles. The van der Waals surface area contributed by atoms with Crippen LogP contribution in [0.25, 0.3) is 11.4 Å². The maximum Gasteiger partial charge on any atom is 0.316 e. The third-order valence-corrected chi connectivity index (χ3v) is 3.41. The minimum absolute atomic E-state index is 0.0505. The molecule has 0 spiro atoms. The molecule has 1 aromatic heterocycles. The average molecular weight is 289 g/mol. The Morgan fingerprint density at radius 1 is 1.43 bits per heavy atom. The van der Waals surface area contributed by atoms with Gasteiger partial charge < -0.3 is 9.84 Å². The molecule has 0 radical (unpaired) electrons. The fourth-order valence-electron chi connectivity index (χ4n) is 2.03. The van der Waals surface area contributed by atoms with Gasteiger partial charge in [-0.1, -0.05) is 19.0 Å². The molecule has 5 nitrogen and oxygen atoms in total. The summed E-state index contributed by atoms with van der Waals surface area (Å²) in [6, 6.07) is 4.87. The summed E-state index contributed by atoms with van der Waals surface area (Å²) in [5, 5.41) is 6.57. The van der Waals surface area contributed by atoms with Gasteiger partial charge in [0.2, 0.25) is 5.82 Å². The Labute approximate surface area is 121 Å². The SMILES string of the molecule is CC(C)c1cc(-c2noc(C(=O)NC3CC3)n2)ccc1F. The van der Waals surface area contributed by atoms with Crippen LogP contribution in [-0.4, -0.2) is 22.1 Å². The molecule has 2 aromatic rings. The molecule has 0 bridgehead atoms. The summed E-state index contributed by atoms with van der Waals surface area (Å²) in [6.07, 6.45) is 1.98. The van der Waals surface area contributed by atoms with Crippen LogP contribution in [0.2, 0.25) is 0 Å². The van der Waals surface area contributed by atoms with Gasteiger partial charge in [0.1, 0.15) is 5.82 Å². The average Bonchev–Trinajstić information content (AvgIpc) is 3.12. The van der Waals surface area contributed by atoms with Gasteiger partial charge in [0.25, 0.3) is 0 Å². The van der Waals surface area contributed by atoms with E-state index in [1.807, 2.05) is 13.8 Å². The van der Waals surface area contributed by atoms with Crippen molar-refractivity contribution in [3.63, 3.8) is 0 Å². The predicted octanol–water partition coefficient (Wildman–Crippen LogP) is 2.89. The van der Waals surface area contributed by atoms with E-state index >= 15 is 0 Å². The largest absolute Gasteiger partial charge is 0.345 e. The van der Waals surface area contributed by atoms with Crippen LogP contribution in [0.5, 0.6) is 0 Å². The number of halogens is 1. The van der Waals surface area contributed by atoms with Crippen LogP contribution in [-0.2, 0) is 0 Å². The Kier molecular flexibility index (Phi) is 3.45. The summed E-state index contributed by atoms with van der Waals surface area (Å²) in [7, 11) is 0. The number of hydrogen-bond acceptors (Lipinski definition) is 4. The lowest BCUT2D eigenvalue weighted by Gasteiger charge is -2.07. The van der Waals surface area contributed by atoms with Crippen molar-refractivity contribution in [2.24, 2.45) is 0 Å². The first-order chi connectivity index (χ1) is 10.0. The predicted molar refractivity (Wildman–Crippen MR) is 74.3 cm³/mol. The minimum Gasteiger partial charge on any atom is -0.345 e. The molecule has 0 unspecified atom stereocenters. The summed E-state index contributed by atoms with van der Waals surface area (Å²) in [5.74, 6) is -0.342. The highest BCUT2D eigenvalue weighted by atomic mass is 19.1. The van der Waals surface area contributed by atoms with E-state index in [4.69, 9.17) is 4.52 Å². The number of aromatic nitrogens is 2. The first-order valence-electron chi connectivity index (χ1n) is 6.99. The molecule has 0 atom stereocenters. The Morgan fingerprint density at radius 3 is 2.86 bits per heavy atom. The normalized spacial score (nSPS) is 14.5. The van der Waals surface area contributed by atoms with Crippen molar-refractivity contribution < 1.29 is 13.7 Å². The van der Waals surface area contributed by atoms with Crippen LogP contribution >= 0.6 is 0 Å². The second kappa shape index (κ2) is 5.27. The fraction of sp³-hybridized carbons (Fsp3) is 0.400. The molecule has 110 valence electrons. The van der Waals surface area contributed by atoms with Gasteiger partial charge in [-0.05, 0) is 42.5 Å². The van der Waals surface area contributed by atoms with Gasteiger partial charge in [0.15, 0.2) is 0 Å². The van der Waals surface area contributed by atoms with E-state index in [2.05, 4.69) is 15.5 Å². The Bertz CT molecular complexity index is 677. The van der Waals surface area contributed by atoms with Crippen molar-refractivity contribution >= 4 is 5.91 Å². The van der Waals surface area contributed by atoms with Gasteiger partial charge in [-0.2, -0.15) is 4.98 Å². The number of rotatable bonds is 4. The molecule has 1 aliphatic rings. The van der Waals surface area contributed by atoms with Gasteiger partial charge in [0, 0.05) is 11.6 Å². The summed E-state index contributed by atoms with van der Waals surface area (Å²) in [5.41, 5.74) is 1.22. The lowest BCUT2D eigenvalue weighted by molar-refractivity contribution is 0.0907. The number of nitrogens with zero attached hydrogens (tertiary/aromatic N) is 2. The number of benzene rings is 1. The monoisotopic (exact) mass is 289 g/mol. The molecule has 1 aromatic carbocycles. The Morgan fingerprint density at radius 2 is 2.19 bits per heavy atom. The molecule has 1 N–H and O–H groups in total. The van der Waals surface area contributed by atoms with Crippen LogP contribution in [0.4, 0.5) is 4.39 Å². The Balaban J connectivity index is 1.85. The number of carbonyl (C=O) groups is 1. The second-order valence-corrected chi connectivity index (χ2v) is 5.56. The second-order valence-electron chi connectivity index (χ2n) is 5.56. The third kappa shape index (κ3) is 2.94. The van der Waals surface area contributed by atoms with Gasteiger partial charge in [0.05, 0.1) is 0 Å². The molecule has 1 heterocycles. The lowest BCUT2D eigenvalue weighted by Crippen LogP contribution is -2.25. The van der Waals surface area contributed by atoms with E-state index in [0.29, 0.717) is 11.1 Å². The highest BCUT2D eigenvalue weighted by Crippen LogP contribution is 2.25. The molecule has 6 heteroatoms. The molecule has 0 aliphatic heterocycles. The van der Waals surface area contributed by atoms with Crippen LogP contribution in [0.1, 0.15) is 48.9 Å². The van der Waals surface area contributed by atoms with Crippen LogP contribution in [0.3, 0.4) is 0 Å². The van der Waals surface area contributed by atoms with Crippen LogP contribution in [0, 0.1) is 5.82 Å². The lowest BCUT2D eigenvalue weighted by atomic mass is 10.00. The Hall–Kier alpha value is -2.24. The van der Waals surface area contributed by atoms with Crippen LogP contribution in [0.15, 0.2) is 22.7 Å². The van der Waals surface area contributed by atoms with E-state index in [1.165, 1.54) is 6.07 Å². The summed E-state index contributed by atoms with van der Waals surface area (Å²) in [4.78, 5) is 15.9. The standard InChI is InChI=1S/C15H16FN3O2/c1-8(2)11-7-9(3-6-12(11)16)13-18-15(21-19-13)14(20)17-10-4-5-10/h3,6-8,10H,4-5H2,1-2H3,(H,17,20). The summed E-state index contributed by atoms with van der Waals surface area (Å²) < 4.78 is 18.7. The number of carbonyl (C=O) groups excluding carboxylic acids is 1. The highest BCUT2D eigenvalue weighted by Gasteiger charge is 2.26. The molecular weight excluding hydrogens is 273 g/mol. The number of hydrogen-bond donors (Lipinski definition) is 1. The quantitative estimate of drug-likeness (QED) is 0.939. The molecule has 1 aliphatic carbocycles. The molecule has 1 fully saturated rings. The molecule has 21 heavy (non-hydrogen) atoms. The summed E-state index contributed by atoms with van der Waals surface area (Å²) in [6.45, 7) is 3.82. The van der Waals surface area contributed by atoms with Crippen molar-refractivity contribution in [1.29, 1.82) is 0 Å². The molecule has 3 rings (SSSR count). The zero-order chi connectivity index (χ0) is 15.0. The fourth-order valence-corrected chi connectivity index (χ4v) is 2.03. The van der Waals surface area contributed by atoms with E-state index in [-0.39, 0.29) is 35.4 Å². The van der Waals surface area contributed by atoms with Crippen molar-refractivity contribution in [3.05, 3.63) is 35.5 Å². The van der Waals surface area contributed by atoms with E-state index in [1.54, 1.807) is 12.1 Å². The van der Waals surface area contributed by atoms with Crippen molar-refractivity contribution in [3.8, 4) is 11.4 Å². The van der Waals surface area contributed by atoms with Gasteiger partial charge in [-0.3, -0.25) is 4.79 Å². The van der Waals surface area contributed by atoms with Gasteiger partial charge in [-0.25, -0.2) is 4.39 Å². The van der Waals surface area contributed by atoms with E-state index in [9.17, 15) is 9.18 Å². The first kappa shape index (κ1) is 13.7. The topological polar surface area (TPSA) is 68.0 Å². The van der Waals surface area contributed by atoms with Crippen molar-refractivity contribution in [2.75, 3.05) is 0 Å². The molecule has 0 saturated heterocycles. The highest BCUT2D eigenvalue weighted by molar-refractivity contribution is 5.90. The van der Waals surface area contributed by atoms with E-state index < -0.39 is 0 Å². The first-order valence-corrected chi connectivity index (χ1v) is 6.99. The van der Waals surface area contributed by atoms with Gasteiger partial charge in [-0.15, -0.1) is 0 Å². The molecular formula is C15H16FN3O2. The minimum atomic E-state index is -0.359. The van der Waals surface area contributed by atoms with Gasteiger partial charge >= 0.3 is 11.8 Å². The van der Waals surface area contributed by atoms with Crippen molar-refractivity contribution in [1.82, 2.24) is 15.5 Å². The summed E-state index contributed by atoms with van der Waals surface area (Å²) >= 11 is 0. The number of nitrogens with one attached hydrogen (secondary N) is 1. The van der Waals surface area contributed by atoms with Crippen LogP contribution < -0.4 is 5.32 Å². The third-order valence-electron chi connectivity index (χ3n) is 3.41. The molecule has 1 amide bonds. The maximum absolute atomic E-state index is 13.7. The maximum atomic E-state index is 13.7. The van der Waals surface area contributed by atoms with E-state index in [0.717, 1.165) is 12.8 Å².